The van der Waals surface area contributed by atoms with Crippen LogP contribution < -0.4 is 5.32 Å². The molecular weight excluding hydrogens is 218 g/mol. The summed E-state index contributed by atoms with van der Waals surface area (Å²) in [7, 11) is -4.17. The molecule has 0 saturated heterocycles. The second kappa shape index (κ2) is 5.58. The van der Waals surface area contributed by atoms with Gasteiger partial charge in [-0.05, 0) is 12.8 Å². The van der Waals surface area contributed by atoms with Gasteiger partial charge in [0.15, 0.2) is 5.78 Å². The van der Waals surface area contributed by atoms with Gasteiger partial charge in [0, 0.05) is 6.04 Å². The lowest BCUT2D eigenvalue weighted by Crippen LogP contribution is -2.36. The summed E-state index contributed by atoms with van der Waals surface area (Å²) in [6.07, 6.45) is 5.63. The third-order valence-electron chi connectivity index (χ3n) is 2.54. The van der Waals surface area contributed by atoms with Crippen LogP contribution in [0.5, 0.6) is 0 Å². The Hall–Kier alpha value is -0.460. The minimum atomic E-state index is -4.17. The van der Waals surface area contributed by atoms with Crippen LogP contribution in [0.3, 0.4) is 0 Å². The van der Waals surface area contributed by atoms with E-state index < -0.39 is 21.7 Å². The van der Waals surface area contributed by atoms with Crippen LogP contribution in [0, 0.1) is 0 Å². The molecule has 2 N–H and O–H groups in total. The van der Waals surface area contributed by atoms with Crippen molar-refractivity contribution in [3.8, 4) is 0 Å². The predicted octanol–water partition coefficient (Wildman–Crippen LogP) is 0.366. The van der Waals surface area contributed by atoms with Crippen molar-refractivity contribution >= 4 is 15.9 Å². The van der Waals surface area contributed by atoms with E-state index in [9.17, 15) is 13.2 Å². The molecular formula is C9H17NO4S. The molecule has 0 unspecified atom stereocenters. The fraction of sp³-hybridized carbons (Fsp3) is 0.889. The van der Waals surface area contributed by atoms with Gasteiger partial charge >= 0.3 is 0 Å². The number of hydrogen-bond donors (Lipinski definition) is 2. The summed E-state index contributed by atoms with van der Waals surface area (Å²) in [6, 6.07) is 0.323. The van der Waals surface area contributed by atoms with Gasteiger partial charge in [-0.3, -0.25) is 9.35 Å². The summed E-state index contributed by atoms with van der Waals surface area (Å²) >= 11 is 0. The minimum absolute atomic E-state index is 0.0322. The van der Waals surface area contributed by atoms with Gasteiger partial charge in [-0.2, -0.15) is 8.42 Å². The lowest BCUT2D eigenvalue weighted by molar-refractivity contribution is -0.116. The molecule has 0 amide bonds. The Labute approximate surface area is 90.0 Å². The summed E-state index contributed by atoms with van der Waals surface area (Å²) in [4.78, 5) is 11.1. The van der Waals surface area contributed by atoms with Gasteiger partial charge in [0.1, 0.15) is 5.75 Å². The highest BCUT2D eigenvalue weighted by atomic mass is 32.2. The maximum Gasteiger partial charge on any atom is 0.272 e. The van der Waals surface area contributed by atoms with Gasteiger partial charge < -0.3 is 5.32 Å². The van der Waals surface area contributed by atoms with E-state index in [2.05, 4.69) is 5.32 Å². The number of rotatable bonds is 5. The van der Waals surface area contributed by atoms with E-state index in [4.69, 9.17) is 4.55 Å². The van der Waals surface area contributed by atoms with Crippen LogP contribution in [0.4, 0.5) is 0 Å². The summed E-state index contributed by atoms with van der Waals surface area (Å²) < 4.78 is 29.2. The molecule has 0 radical (unpaired) electrons. The SMILES string of the molecule is O=C(CNC1CCCCC1)CS(=O)(=O)O. The average molecular weight is 235 g/mol. The molecule has 0 atom stereocenters. The van der Waals surface area contributed by atoms with Crippen molar-refractivity contribution < 1.29 is 17.8 Å². The number of carbonyl (C=O) groups excluding carboxylic acids is 1. The van der Waals surface area contributed by atoms with Crippen LogP contribution >= 0.6 is 0 Å². The fourth-order valence-corrected chi connectivity index (χ4v) is 2.33. The predicted molar refractivity (Wildman–Crippen MR) is 56.3 cm³/mol. The minimum Gasteiger partial charge on any atom is -0.307 e. The molecule has 0 aromatic heterocycles. The van der Waals surface area contributed by atoms with Gasteiger partial charge in [-0.1, -0.05) is 19.3 Å². The van der Waals surface area contributed by atoms with E-state index >= 15 is 0 Å². The first-order valence-electron chi connectivity index (χ1n) is 5.17. The highest BCUT2D eigenvalue weighted by Gasteiger charge is 2.16. The maximum absolute atomic E-state index is 11.1. The average Bonchev–Trinajstić information content (AvgIpc) is 2.14. The first-order chi connectivity index (χ1) is 6.97. The summed E-state index contributed by atoms with van der Waals surface area (Å²) in [5, 5.41) is 3.02. The number of ketones is 1. The molecule has 0 heterocycles. The topological polar surface area (TPSA) is 83.5 Å². The third kappa shape index (κ3) is 5.86. The van der Waals surface area contributed by atoms with Crippen molar-refractivity contribution in [2.75, 3.05) is 12.3 Å². The zero-order chi connectivity index (χ0) is 11.3. The molecule has 0 aromatic carbocycles. The molecule has 0 spiro atoms. The van der Waals surface area contributed by atoms with Crippen LogP contribution in [0.2, 0.25) is 0 Å². The van der Waals surface area contributed by atoms with Crippen molar-refractivity contribution in [1.82, 2.24) is 5.32 Å². The summed E-state index contributed by atoms with van der Waals surface area (Å²) in [5.74, 6) is -1.27. The highest BCUT2D eigenvalue weighted by Crippen LogP contribution is 2.16. The van der Waals surface area contributed by atoms with E-state index in [0.717, 1.165) is 25.7 Å². The van der Waals surface area contributed by atoms with Crippen LogP contribution in [-0.2, 0) is 14.9 Å². The van der Waals surface area contributed by atoms with Gasteiger partial charge in [0.25, 0.3) is 10.1 Å². The Morgan fingerprint density at radius 2 is 1.87 bits per heavy atom. The van der Waals surface area contributed by atoms with E-state index in [0.29, 0.717) is 6.04 Å². The summed E-state index contributed by atoms with van der Waals surface area (Å²) in [6.45, 7) is 0.0322. The second-order valence-electron chi connectivity index (χ2n) is 3.98. The largest absolute Gasteiger partial charge is 0.307 e. The number of nitrogens with one attached hydrogen (secondary N) is 1. The Bertz CT molecular complexity index is 306. The third-order valence-corrected chi connectivity index (χ3v) is 3.22. The molecule has 1 aliphatic rings. The fourth-order valence-electron chi connectivity index (χ4n) is 1.82. The zero-order valence-corrected chi connectivity index (χ0v) is 9.42. The van der Waals surface area contributed by atoms with E-state index in [1.54, 1.807) is 0 Å². The number of Topliss-reactive ketones (excluding diaryl/α,β-unsaturated/α-hetero) is 1. The smallest absolute Gasteiger partial charge is 0.272 e. The van der Waals surface area contributed by atoms with E-state index in [1.807, 2.05) is 0 Å². The number of carbonyl (C=O) groups is 1. The monoisotopic (exact) mass is 235 g/mol. The van der Waals surface area contributed by atoms with Crippen LogP contribution in [0.25, 0.3) is 0 Å². The normalized spacial score (nSPS) is 19.0. The van der Waals surface area contributed by atoms with Crippen LogP contribution in [-0.4, -0.2) is 37.1 Å². The van der Waals surface area contributed by atoms with Crippen molar-refractivity contribution in [1.29, 1.82) is 0 Å². The van der Waals surface area contributed by atoms with Crippen molar-refractivity contribution in [2.24, 2.45) is 0 Å². The van der Waals surface area contributed by atoms with Gasteiger partial charge in [0.2, 0.25) is 0 Å². The Morgan fingerprint density at radius 1 is 1.27 bits per heavy atom. The van der Waals surface area contributed by atoms with E-state index in [-0.39, 0.29) is 6.54 Å². The molecule has 0 bridgehead atoms. The van der Waals surface area contributed by atoms with E-state index in [1.165, 1.54) is 6.42 Å². The molecule has 88 valence electrons. The van der Waals surface area contributed by atoms with Gasteiger partial charge in [0.05, 0.1) is 6.54 Å². The molecule has 0 aromatic rings. The zero-order valence-electron chi connectivity index (χ0n) is 8.61. The quantitative estimate of drug-likeness (QED) is 0.672. The lowest BCUT2D eigenvalue weighted by Gasteiger charge is -2.22. The second-order valence-corrected chi connectivity index (χ2v) is 5.43. The molecule has 0 aliphatic heterocycles. The molecule has 1 rings (SSSR count). The molecule has 1 saturated carbocycles. The maximum atomic E-state index is 11.1. The summed E-state index contributed by atoms with van der Waals surface area (Å²) in [5.41, 5.74) is 0. The molecule has 15 heavy (non-hydrogen) atoms. The van der Waals surface area contributed by atoms with Crippen LogP contribution in [0.1, 0.15) is 32.1 Å². The molecule has 1 aliphatic carbocycles. The molecule has 5 nitrogen and oxygen atoms in total. The number of hydrogen-bond acceptors (Lipinski definition) is 4. The first kappa shape index (κ1) is 12.6. The standard InChI is InChI=1S/C9H17NO4S/c11-9(7-15(12,13)14)6-10-8-4-2-1-3-5-8/h8,10H,1-7H2,(H,12,13,14). The lowest BCUT2D eigenvalue weighted by atomic mass is 9.95. The Balaban J connectivity index is 2.21. The molecule has 1 fully saturated rings. The Kier molecular flexibility index (Phi) is 4.69. The van der Waals surface area contributed by atoms with Gasteiger partial charge in [-0.15, -0.1) is 0 Å². The van der Waals surface area contributed by atoms with Crippen molar-refractivity contribution in [2.45, 2.75) is 38.1 Å². The van der Waals surface area contributed by atoms with Crippen molar-refractivity contribution in [3.63, 3.8) is 0 Å². The Morgan fingerprint density at radius 3 is 2.40 bits per heavy atom. The van der Waals surface area contributed by atoms with Crippen molar-refractivity contribution in [3.05, 3.63) is 0 Å². The van der Waals surface area contributed by atoms with Crippen LogP contribution in [0.15, 0.2) is 0 Å². The highest BCUT2D eigenvalue weighted by molar-refractivity contribution is 7.86. The van der Waals surface area contributed by atoms with Gasteiger partial charge in [-0.25, -0.2) is 0 Å². The molecule has 6 heteroatoms. The first-order valence-corrected chi connectivity index (χ1v) is 6.78.